The Labute approximate surface area is 185 Å². The third-order valence-corrected chi connectivity index (χ3v) is 8.28. The maximum atomic E-state index is 13.0. The van der Waals surface area contributed by atoms with Gasteiger partial charge in [-0.15, -0.1) is 0 Å². The second-order valence-corrected chi connectivity index (χ2v) is 11.3. The first-order valence-corrected chi connectivity index (χ1v) is 12.9. The molecule has 31 heavy (non-hydrogen) atoms. The summed E-state index contributed by atoms with van der Waals surface area (Å²) >= 11 is 0. The number of para-hydroxylation sites is 1. The summed E-state index contributed by atoms with van der Waals surface area (Å²) in [6.45, 7) is 6.61. The van der Waals surface area contributed by atoms with Crippen molar-refractivity contribution in [1.29, 1.82) is 0 Å². The van der Waals surface area contributed by atoms with Crippen LogP contribution in [0.2, 0.25) is 0 Å². The Bertz CT molecular complexity index is 1020. The molecule has 2 unspecified atom stereocenters. The van der Waals surface area contributed by atoms with E-state index in [2.05, 4.69) is 28.5 Å². The number of benzene rings is 1. The molecule has 2 aromatic rings. The van der Waals surface area contributed by atoms with Crippen LogP contribution in [-0.2, 0) is 14.8 Å². The fourth-order valence-corrected chi connectivity index (χ4v) is 6.61. The molecule has 168 valence electrons. The van der Waals surface area contributed by atoms with Crippen LogP contribution in [0.15, 0.2) is 41.4 Å². The molecule has 1 saturated heterocycles. The van der Waals surface area contributed by atoms with Crippen molar-refractivity contribution in [3.63, 3.8) is 0 Å². The van der Waals surface area contributed by atoms with E-state index in [4.69, 9.17) is 0 Å². The summed E-state index contributed by atoms with van der Waals surface area (Å²) in [4.78, 5) is 19.5. The normalized spacial score (nSPS) is 27.4. The van der Waals surface area contributed by atoms with Gasteiger partial charge < -0.3 is 4.90 Å². The summed E-state index contributed by atoms with van der Waals surface area (Å²) in [5.41, 5.74) is 0.497. The number of carbonyl (C=O) groups excluding carboxylic acids is 1. The van der Waals surface area contributed by atoms with Gasteiger partial charge in [0.25, 0.3) is 0 Å². The number of nitrogens with zero attached hydrogens (tertiary/aromatic N) is 2. The van der Waals surface area contributed by atoms with E-state index in [1.165, 1.54) is 6.42 Å². The van der Waals surface area contributed by atoms with Gasteiger partial charge in [-0.1, -0.05) is 32.0 Å². The number of nitrogens with one attached hydrogen (secondary N) is 1. The molecular formula is C24H33N3O3S. The number of amides is 1. The number of hydrogen-bond donors (Lipinski definition) is 1. The summed E-state index contributed by atoms with van der Waals surface area (Å²) in [7, 11) is -3.63. The molecule has 2 fully saturated rings. The van der Waals surface area contributed by atoms with Crippen molar-refractivity contribution in [3.8, 4) is 0 Å². The van der Waals surface area contributed by atoms with E-state index < -0.39 is 10.0 Å². The summed E-state index contributed by atoms with van der Waals surface area (Å²) in [5, 5.41) is 0.811. The molecular weight excluding hydrogens is 410 g/mol. The molecule has 6 nitrogen and oxygen atoms in total. The van der Waals surface area contributed by atoms with Gasteiger partial charge in [-0.3, -0.25) is 9.78 Å². The van der Waals surface area contributed by atoms with Gasteiger partial charge in [-0.2, -0.15) is 0 Å². The van der Waals surface area contributed by atoms with E-state index in [0.717, 1.165) is 44.2 Å². The Balaban J connectivity index is 1.32. The largest absolute Gasteiger partial charge is 0.342 e. The maximum Gasteiger partial charge on any atom is 0.242 e. The molecule has 1 aromatic heterocycles. The monoisotopic (exact) mass is 443 g/mol. The zero-order valence-corrected chi connectivity index (χ0v) is 19.3. The van der Waals surface area contributed by atoms with Crippen LogP contribution in [0.4, 0.5) is 0 Å². The lowest BCUT2D eigenvalue weighted by Gasteiger charge is -2.38. The van der Waals surface area contributed by atoms with Crippen LogP contribution >= 0.6 is 0 Å². The molecule has 0 radical (unpaired) electrons. The number of rotatable bonds is 5. The fourth-order valence-electron chi connectivity index (χ4n) is 5.31. The zero-order valence-electron chi connectivity index (χ0n) is 18.5. The van der Waals surface area contributed by atoms with Crippen LogP contribution in [0.3, 0.4) is 0 Å². The van der Waals surface area contributed by atoms with Gasteiger partial charge in [-0.05, 0) is 62.0 Å². The van der Waals surface area contributed by atoms with Crippen molar-refractivity contribution in [3.05, 3.63) is 36.5 Å². The van der Waals surface area contributed by atoms with Crippen LogP contribution in [0.1, 0.15) is 46.0 Å². The number of sulfonamides is 1. The van der Waals surface area contributed by atoms with Gasteiger partial charge in [0.2, 0.25) is 15.9 Å². The summed E-state index contributed by atoms with van der Waals surface area (Å²) < 4.78 is 28.6. The minimum absolute atomic E-state index is 0.0904. The molecule has 0 spiro atoms. The number of piperidine rings is 1. The Morgan fingerprint density at radius 2 is 1.74 bits per heavy atom. The molecule has 0 bridgehead atoms. The van der Waals surface area contributed by atoms with Crippen LogP contribution in [0, 0.1) is 23.7 Å². The van der Waals surface area contributed by atoms with Crippen molar-refractivity contribution in [1.82, 2.24) is 14.6 Å². The first kappa shape index (κ1) is 22.2. The molecule has 4 rings (SSSR count). The van der Waals surface area contributed by atoms with E-state index in [9.17, 15) is 13.2 Å². The molecule has 2 atom stereocenters. The minimum atomic E-state index is -3.63. The molecule has 7 heteroatoms. The standard InChI is InChI=1S/C24H33N3O3S/c1-17-13-18(2)16-27(15-17)24(28)21-10-8-19(9-11-21)14-26-31(29,30)22-7-3-5-20-6-4-12-25-23(20)22/h3-7,12,17-19,21,26H,8-11,13-16H2,1-2H3. The first-order valence-electron chi connectivity index (χ1n) is 11.5. The molecule has 2 heterocycles. The molecule has 1 N–H and O–H groups in total. The van der Waals surface area contributed by atoms with Crippen LogP contribution in [0.25, 0.3) is 10.9 Å². The fraction of sp³-hybridized carbons (Fsp3) is 0.583. The number of carbonyl (C=O) groups is 1. The Morgan fingerprint density at radius 3 is 2.45 bits per heavy atom. The van der Waals surface area contributed by atoms with Gasteiger partial charge in [0.1, 0.15) is 4.90 Å². The quantitative estimate of drug-likeness (QED) is 0.762. The minimum Gasteiger partial charge on any atom is -0.342 e. The van der Waals surface area contributed by atoms with Gasteiger partial charge >= 0.3 is 0 Å². The van der Waals surface area contributed by atoms with Crippen LogP contribution in [-0.4, -0.2) is 43.8 Å². The molecule has 1 amide bonds. The maximum absolute atomic E-state index is 13.0. The highest BCUT2D eigenvalue weighted by Gasteiger charge is 2.33. The average molecular weight is 444 g/mol. The van der Waals surface area contributed by atoms with Crippen LogP contribution < -0.4 is 4.72 Å². The summed E-state index contributed by atoms with van der Waals surface area (Å²) in [6, 6.07) is 8.88. The van der Waals surface area contributed by atoms with E-state index in [-0.39, 0.29) is 16.7 Å². The number of fused-ring (bicyclic) bond motifs is 1. The SMILES string of the molecule is CC1CC(C)CN(C(=O)C2CCC(CNS(=O)(=O)c3cccc4cccnc34)CC2)C1. The zero-order chi connectivity index (χ0) is 22.0. The van der Waals surface area contributed by atoms with E-state index in [1.807, 2.05) is 12.1 Å². The van der Waals surface area contributed by atoms with Crippen molar-refractivity contribution in [2.24, 2.45) is 23.7 Å². The number of pyridine rings is 1. The Hall–Kier alpha value is -1.99. The Kier molecular flexibility index (Phi) is 6.63. The third kappa shape index (κ3) is 5.09. The molecule has 2 aliphatic rings. The second kappa shape index (κ2) is 9.25. The highest BCUT2D eigenvalue weighted by atomic mass is 32.2. The van der Waals surface area contributed by atoms with Crippen molar-refractivity contribution < 1.29 is 13.2 Å². The molecule has 1 aromatic carbocycles. The summed E-state index contributed by atoms with van der Waals surface area (Å²) in [5.74, 6) is 1.80. The number of aromatic nitrogens is 1. The lowest BCUT2D eigenvalue weighted by Crippen LogP contribution is -2.46. The summed E-state index contributed by atoms with van der Waals surface area (Å²) in [6.07, 6.45) is 6.27. The van der Waals surface area contributed by atoms with Crippen molar-refractivity contribution in [2.45, 2.75) is 50.8 Å². The van der Waals surface area contributed by atoms with Gasteiger partial charge in [0, 0.05) is 37.1 Å². The first-order chi connectivity index (χ1) is 14.8. The number of hydrogen-bond acceptors (Lipinski definition) is 4. The van der Waals surface area contributed by atoms with E-state index >= 15 is 0 Å². The highest BCUT2D eigenvalue weighted by molar-refractivity contribution is 7.89. The smallest absolute Gasteiger partial charge is 0.242 e. The van der Waals surface area contributed by atoms with Gasteiger partial charge in [-0.25, -0.2) is 13.1 Å². The Morgan fingerprint density at radius 1 is 1.06 bits per heavy atom. The molecule has 1 saturated carbocycles. The van der Waals surface area contributed by atoms with Crippen molar-refractivity contribution in [2.75, 3.05) is 19.6 Å². The predicted molar refractivity (Wildman–Crippen MR) is 122 cm³/mol. The van der Waals surface area contributed by atoms with Crippen LogP contribution in [0.5, 0.6) is 0 Å². The molecule has 1 aliphatic carbocycles. The molecule has 1 aliphatic heterocycles. The van der Waals surface area contributed by atoms with E-state index in [0.29, 0.717) is 29.8 Å². The lowest BCUT2D eigenvalue weighted by molar-refractivity contribution is -0.139. The van der Waals surface area contributed by atoms with Gasteiger partial charge in [0.15, 0.2) is 0 Å². The average Bonchev–Trinajstić information content (AvgIpc) is 2.76. The topological polar surface area (TPSA) is 79.4 Å². The lowest BCUT2D eigenvalue weighted by atomic mass is 9.80. The third-order valence-electron chi connectivity index (χ3n) is 6.82. The number of likely N-dealkylation sites (tertiary alicyclic amines) is 1. The highest BCUT2D eigenvalue weighted by Crippen LogP contribution is 2.32. The van der Waals surface area contributed by atoms with Gasteiger partial charge in [0.05, 0.1) is 5.52 Å². The van der Waals surface area contributed by atoms with E-state index in [1.54, 1.807) is 24.4 Å². The predicted octanol–water partition coefficient (Wildman–Crippen LogP) is 3.82. The van der Waals surface area contributed by atoms with Crippen molar-refractivity contribution >= 4 is 26.8 Å². The second-order valence-electron chi connectivity index (χ2n) is 9.59.